The summed E-state index contributed by atoms with van der Waals surface area (Å²) in [6.45, 7) is 0. The van der Waals surface area contributed by atoms with E-state index in [0.29, 0.717) is 23.1 Å². The molecule has 5 heteroatoms. The van der Waals surface area contributed by atoms with Gasteiger partial charge in [-0.25, -0.2) is 0 Å². The highest BCUT2D eigenvalue weighted by Crippen LogP contribution is 2.30. The molecule has 0 amide bonds. The number of para-hydroxylation sites is 1. The summed E-state index contributed by atoms with van der Waals surface area (Å²) in [6, 6.07) is 14.4. The molecule has 3 aromatic rings. The van der Waals surface area contributed by atoms with Gasteiger partial charge in [-0.05, 0) is 35.7 Å². The second kappa shape index (κ2) is 5.73. The van der Waals surface area contributed by atoms with Crippen LogP contribution in [0, 0.1) is 11.3 Å². The first-order valence-corrected chi connectivity index (χ1v) is 6.92. The number of nitrogens with zero attached hydrogens (tertiary/aromatic N) is 2. The number of hydrogen-bond donors (Lipinski definition) is 0. The monoisotopic (exact) mass is 312 g/mol. The van der Waals surface area contributed by atoms with Crippen LogP contribution >= 0.6 is 0 Å². The van der Waals surface area contributed by atoms with Gasteiger partial charge in [0.15, 0.2) is 0 Å². The Balaban J connectivity index is 2.05. The van der Waals surface area contributed by atoms with Crippen LogP contribution in [0.5, 0.6) is 0 Å². The van der Waals surface area contributed by atoms with Crippen LogP contribution in [0.3, 0.4) is 0 Å². The summed E-state index contributed by atoms with van der Waals surface area (Å²) in [5, 5.41) is 9.91. The molecule has 1 aromatic heterocycles. The van der Waals surface area contributed by atoms with E-state index in [2.05, 4.69) is 11.1 Å². The van der Waals surface area contributed by atoms with Crippen LogP contribution in [0.2, 0.25) is 0 Å². The lowest BCUT2D eigenvalue weighted by Crippen LogP contribution is -2.05. The summed E-state index contributed by atoms with van der Waals surface area (Å²) in [4.78, 5) is 4.21. The molecule has 0 aliphatic heterocycles. The van der Waals surface area contributed by atoms with E-state index in [9.17, 15) is 13.2 Å². The van der Waals surface area contributed by atoms with Gasteiger partial charge in [-0.2, -0.15) is 18.4 Å². The fourth-order valence-electron chi connectivity index (χ4n) is 2.56. The summed E-state index contributed by atoms with van der Waals surface area (Å²) in [5.74, 6) is 0. The van der Waals surface area contributed by atoms with E-state index in [1.165, 1.54) is 6.07 Å². The average molecular weight is 312 g/mol. The van der Waals surface area contributed by atoms with Crippen LogP contribution in [-0.2, 0) is 12.6 Å². The molecule has 0 bridgehead atoms. The van der Waals surface area contributed by atoms with Gasteiger partial charge in [-0.1, -0.05) is 30.3 Å². The highest BCUT2D eigenvalue weighted by Gasteiger charge is 2.30. The minimum atomic E-state index is -4.36. The Morgan fingerprint density at radius 3 is 2.57 bits per heavy atom. The third-order valence-electron chi connectivity index (χ3n) is 3.63. The van der Waals surface area contributed by atoms with Crippen molar-refractivity contribution in [1.29, 1.82) is 5.26 Å². The zero-order chi connectivity index (χ0) is 16.4. The van der Waals surface area contributed by atoms with Gasteiger partial charge in [-0.3, -0.25) is 4.98 Å². The first-order chi connectivity index (χ1) is 11.0. The number of aromatic nitrogens is 1. The van der Waals surface area contributed by atoms with Crippen molar-refractivity contribution in [3.63, 3.8) is 0 Å². The highest BCUT2D eigenvalue weighted by molar-refractivity contribution is 5.87. The first-order valence-electron chi connectivity index (χ1n) is 6.92. The maximum Gasteiger partial charge on any atom is 0.416 e. The summed E-state index contributed by atoms with van der Waals surface area (Å²) in [7, 11) is 0. The van der Waals surface area contributed by atoms with Crippen LogP contribution in [-0.4, -0.2) is 4.98 Å². The minimum Gasteiger partial charge on any atom is -0.255 e. The molecule has 0 atom stereocenters. The molecule has 0 saturated carbocycles. The van der Waals surface area contributed by atoms with E-state index in [4.69, 9.17) is 5.26 Å². The normalized spacial score (nSPS) is 11.4. The van der Waals surface area contributed by atoms with Crippen LogP contribution in [0.25, 0.3) is 10.9 Å². The number of nitriles is 1. The maximum atomic E-state index is 12.8. The van der Waals surface area contributed by atoms with E-state index in [-0.39, 0.29) is 0 Å². The van der Waals surface area contributed by atoms with Gasteiger partial charge < -0.3 is 0 Å². The maximum absolute atomic E-state index is 12.8. The van der Waals surface area contributed by atoms with Crippen LogP contribution in [0.15, 0.2) is 54.7 Å². The van der Waals surface area contributed by atoms with Gasteiger partial charge in [0, 0.05) is 11.6 Å². The van der Waals surface area contributed by atoms with Crippen LogP contribution < -0.4 is 0 Å². The lowest BCUT2D eigenvalue weighted by molar-refractivity contribution is -0.137. The van der Waals surface area contributed by atoms with Crippen molar-refractivity contribution in [3.05, 3.63) is 77.0 Å². The molecule has 23 heavy (non-hydrogen) atoms. The molecule has 0 aliphatic rings. The Bertz CT molecular complexity index is 908. The van der Waals surface area contributed by atoms with E-state index in [1.54, 1.807) is 30.5 Å². The number of alkyl halides is 3. The lowest BCUT2D eigenvalue weighted by atomic mass is 9.98. The first kappa shape index (κ1) is 15.0. The third kappa shape index (κ3) is 3.02. The number of fused-ring (bicyclic) bond motifs is 1. The molecule has 2 nitrogen and oxygen atoms in total. The predicted octanol–water partition coefficient (Wildman–Crippen LogP) is 4.72. The van der Waals surface area contributed by atoms with Gasteiger partial charge in [0.25, 0.3) is 0 Å². The minimum absolute atomic E-state index is 0.345. The SMILES string of the molecule is N#Cc1cccc2c(Cc3cccc(C(F)(F)F)c3)ccnc12. The Morgan fingerprint density at radius 2 is 1.83 bits per heavy atom. The Labute approximate surface area is 130 Å². The molecule has 3 rings (SSSR count). The van der Waals surface area contributed by atoms with Gasteiger partial charge in [-0.15, -0.1) is 0 Å². The van der Waals surface area contributed by atoms with Gasteiger partial charge >= 0.3 is 6.18 Å². The molecule has 114 valence electrons. The molecular weight excluding hydrogens is 301 g/mol. The lowest BCUT2D eigenvalue weighted by Gasteiger charge is -2.10. The predicted molar refractivity (Wildman–Crippen MR) is 80.7 cm³/mol. The highest BCUT2D eigenvalue weighted by atomic mass is 19.4. The fraction of sp³-hybridized carbons (Fsp3) is 0.111. The second-order valence-corrected chi connectivity index (χ2v) is 5.16. The average Bonchev–Trinajstić information content (AvgIpc) is 2.54. The van der Waals surface area contributed by atoms with Crippen molar-refractivity contribution in [2.75, 3.05) is 0 Å². The summed E-state index contributed by atoms with van der Waals surface area (Å²) in [6.07, 6.45) is -2.44. The van der Waals surface area contributed by atoms with E-state index in [0.717, 1.165) is 23.1 Å². The Kier molecular flexibility index (Phi) is 3.75. The van der Waals surface area contributed by atoms with Crippen molar-refractivity contribution in [2.45, 2.75) is 12.6 Å². The molecule has 2 aromatic carbocycles. The molecule has 0 aliphatic carbocycles. The molecule has 0 spiro atoms. The molecule has 0 N–H and O–H groups in total. The van der Waals surface area contributed by atoms with Crippen LogP contribution in [0.1, 0.15) is 22.3 Å². The number of pyridine rings is 1. The zero-order valence-electron chi connectivity index (χ0n) is 11.9. The quantitative estimate of drug-likeness (QED) is 0.687. The Hall–Kier alpha value is -2.87. The Morgan fingerprint density at radius 1 is 1.04 bits per heavy atom. The summed E-state index contributed by atoms with van der Waals surface area (Å²) in [5.41, 5.74) is 1.76. The van der Waals surface area contributed by atoms with Gasteiger partial charge in [0.1, 0.15) is 6.07 Å². The number of benzene rings is 2. The second-order valence-electron chi connectivity index (χ2n) is 5.16. The van der Waals surface area contributed by atoms with E-state index in [1.807, 2.05) is 6.07 Å². The van der Waals surface area contributed by atoms with E-state index >= 15 is 0 Å². The van der Waals surface area contributed by atoms with Crippen molar-refractivity contribution >= 4 is 10.9 Å². The molecule has 0 fully saturated rings. The van der Waals surface area contributed by atoms with Crippen LogP contribution in [0.4, 0.5) is 13.2 Å². The largest absolute Gasteiger partial charge is 0.416 e. The standard InChI is InChI=1S/C18H11F3N2/c19-18(20,21)15-5-1-3-12(10-15)9-13-7-8-23-17-14(11-22)4-2-6-16(13)17/h1-8,10H,9H2. The van der Waals surface area contributed by atoms with Crippen molar-refractivity contribution in [1.82, 2.24) is 4.98 Å². The fourth-order valence-corrected chi connectivity index (χ4v) is 2.56. The third-order valence-corrected chi connectivity index (χ3v) is 3.63. The summed E-state index contributed by atoms with van der Waals surface area (Å²) >= 11 is 0. The van der Waals surface area contributed by atoms with Gasteiger partial charge in [0.05, 0.1) is 16.6 Å². The number of hydrogen-bond acceptors (Lipinski definition) is 2. The molecule has 0 saturated heterocycles. The molecule has 0 unspecified atom stereocenters. The smallest absolute Gasteiger partial charge is 0.255 e. The molecule has 1 heterocycles. The van der Waals surface area contributed by atoms with Crippen molar-refractivity contribution in [2.24, 2.45) is 0 Å². The number of halogens is 3. The zero-order valence-corrected chi connectivity index (χ0v) is 11.9. The van der Waals surface area contributed by atoms with Crippen molar-refractivity contribution < 1.29 is 13.2 Å². The molecular formula is C18H11F3N2. The van der Waals surface area contributed by atoms with Crippen molar-refractivity contribution in [3.8, 4) is 6.07 Å². The topological polar surface area (TPSA) is 36.7 Å². The number of rotatable bonds is 2. The van der Waals surface area contributed by atoms with E-state index < -0.39 is 11.7 Å². The molecule has 0 radical (unpaired) electrons. The van der Waals surface area contributed by atoms with Gasteiger partial charge in [0.2, 0.25) is 0 Å². The summed E-state index contributed by atoms with van der Waals surface area (Å²) < 4.78 is 38.4.